The molecule has 0 fully saturated rings. The van der Waals surface area contributed by atoms with Crippen molar-refractivity contribution in [1.29, 1.82) is 0 Å². The number of hydrogen-bond acceptors (Lipinski definition) is 5. The van der Waals surface area contributed by atoms with Gasteiger partial charge in [-0.05, 0) is 78.8 Å². The smallest absolute Gasteiger partial charge is 0.102 e. The number of rotatable bonds is 17. The van der Waals surface area contributed by atoms with Gasteiger partial charge in [0.2, 0.25) is 0 Å². The van der Waals surface area contributed by atoms with Crippen LogP contribution < -0.4 is 9.80 Å². The van der Waals surface area contributed by atoms with Gasteiger partial charge in [-0.3, -0.25) is 0 Å². The molecular weight excluding hydrogens is 560 g/mol. The molecule has 7 nitrogen and oxygen atoms in total. The second-order valence-electron chi connectivity index (χ2n) is 16.0. The van der Waals surface area contributed by atoms with E-state index in [1.54, 1.807) is 0 Å². The van der Waals surface area contributed by atoms with E-state index in [1.807, 2.05) is 0 Å². The lowest BCUT2D eigenvalue weighted by molar-refractivity contribution is -0.910. The van der Waals surface area contributed by atoms with Crippen LogP contribution >= 0.6 is 0 Å². The number of hydrogen-bond donors (Lipinski definition) is 3. The third-order valence-corrected chi connectivity index (χ3v) is 10.2. The summed E-state index contributed by atoms with van der Waals surface area (Å²) in [6, 6.07) is 14.2. The second kappa shape index (κ2) is 15.6. The van der Waals surface area contributed by atoms with Gasteiger partial charge in [0.25, 0.3) is 0 Å². The lowest BCUT2D eigenvalue weighted by atomic mass is 9.85. The summed E-state index contributed by atoms with van der Waals surface area (Å²) in [5.74, 6) is 0. The Labute approximate surface area is 275 Å². The van der Waals surface area contributed by atoms with Gasteiger partial charge in [0.15, 0.2) is 0 Å². The summed E-state index contributed by atoms with van der Waals surface area (Å²) in [5.41, 5.74) is 7.93. The van der Waals surface area contributed by atoms with Crippen molar-refractivity contribution in [3.05, 3.63) is 47.5 Å². The number of aliphatic hydroxyl groups excluding tert-OH is 3. The molecule has 0 amide bonds. The molecule has 2 aromatic rings. The maximum Gasteiger partial charge on any atom is 0.102 e. The maximum absolute atomic E-state index is 9.64. The van der Waals surface area contributed by atoms with E-state index in [9.17, 15) is 15.3 Å². The Morgan fingerprint density at radius 3 is 1.27 bits per heavy atom. The van der Waals surface area contributed by atoms with Crippen LogP contribution in [0.15, 0.2) is 36.4 Å². The zero-order valence-corrected chi connectivity index (χ0v) is 30.2. The van der Waals surface area contributed by atoms with Crippen LogP contribution in [-0.2, 0) is 10.8 Å². The Hall–Kier alpha value is -2.16. The highest BCUT2D eigenvalue weighted by atomic mass is 16.3. The van der Waals surface area contributed by atoms with Crippen LogP contribution in [0.4, 0.5) is 22.7 Å². The number of benzene rings is 2. The summed E-state index contributed by atoms with van der Waals surface area (Å²) in [4.78, 5) is 5.12. The molecule has 1 unspecified atom stereocenters. The number of nitrogens with zero attached hydrogens (tertiary/aromatic N) is 4. The van der Waals surface area contributed by atoms with Crippen LogP contribution in [-0.4, -0.2) is 111 Å². The van der Waals surface area contributed by atoms with Crippen LogP contribution in [0, 0.1) is 0 Å². The van der Waals surface area contributed by atoms with Crippen molar-refractivity contribution in [2.45, 2.75) is 85.0 Å². The Morgan fingerprint density at radius 1 is 0.533 bits per heavy atom. The molecule has 1 aliphatic heterocycles. The number of likely N-dealkylation sites (N-methyl/N-ethyl adjacent to an activating group) is 2. The fourth-order valence-corrected chi connectivity index (χ4v) is 6.62. The third-order valence-electron chi connectivity index (χ3n) is 10.2. The fraction of sp³-hybridized carbons (Fsp3) is 0.684. The van der Waals surface area contributed by atoms with Gasteiger partial charge < -0.3 is 34.1 Å². The summed E-state index contributed by atoms with van der Waals surface area (Å²) in [7, 11) is 4.41. The summed E-state index contributed by atoms with van der Waals surface area (Å²) < 4.78 is 1.61. The fourth-order valence-electron chi connectivity index (χ4n) is 6.62. The minimum atomic E-state index is 0.0466. The van der Waals surface area contributed by atoms with Crippen LogP contribution in [0.25, 0.3) is 0 Å². The molecule has 254 valence electrons. The summed E-state index contributed by atoms with van der Waals surface area (Å²) in [5, 5.41) is 28.9. The first-order valence-electron chi connectivity index (χ1n) is 17.5. The van der Waals surface area contributed by atoms with E-state index in [0.29, 0.717) is 17.6 Å². The van der Waals surface area contributed by atoms with Gasteiger partial charge in [0, 0.05) is 13.1 Å². The van der Waals surface area contributed by atoms with Crippen molar-refractivity contribution in [2.75, 3.05) is 96.1 Å². The second-order valence-corrected chi connectivity index (χ2v) is 16.0. The lowest BCUT2D eigenvalue weighted by Crippen LogP contribution is -2.48. The predicted octanol–water partition coefficient (Wildman–Crippen LogP) is 6.32. The zero-order chi connectivity index (χ0) is 33.5. The molecule has 45 heavy (non-hydrogen) atoms. The molecule has 0 bridgehead atoms. The number of quaternary nitrogens is 2. The van der Waals surface area contributed by atoms with Gasteiger partial charge in [0.05, 0.1) is 76.3 Å². The van der Waals surface area contributed by atoms with Gasteiger partial charge in [-0.25, -0.2) is 0 Å². The minimum Gasteiger partial charge on any atom is -0.391 e. The van der Waals surface area contributed by atoms with Crippen molar-refractivity contribution in [3.63, 3.8) is 0 Å². The third kappa shape index (κ3) is 9.68. The summed E-state index contributed by atoms with van der Waals surface area (Å²) in [6.07, 6.45) is 4.27. The van der Waals surface area contributed by atoms with Crippen molar-refractivity contribution in [2.24, 2.45) is 0 Å². The van der Waals surface area contributed by atoms with E-state index in [1.165, 1.54) is 33.9 Å². The molecule has 0 aliphatic carbocycles. The molecule has 7 heteroatoms. The molecule has 0 saturated heterocycles. The maximum atomic E-state index is 9.64. The quantitative estimate of drug-likeness (QED) is 0.142. The largest absolute Gasteiger partial charge is 0.391 e. The van der Waals surface area contributed by atoms with E-state index in [-0.39, 0.29) is 30.7 Å². The van der Waals surface area contributed by atoms with Gasteiger partial charge >= 0.3 is 0 Å². The number of unbranched alkanes of at least 4 members (excludes halogenated alkanes) is 2. The molecule has 2 aromatic carbocycles. The van der Waals surface area contributed by atoms with E-state index in [2.05, 4.69) is 109 Å². The number of fused-ring (bicyclic) bond motifs is 2. The molecule has 3 N–H and O–H groups in total. The van der Waals surface area contributed by atoms with E-state index in [4.69, 9.17) is 0 Å². The Bertz CT molecular complexity index is 1210. The molecule has 1 atom stereocenters. The van der Waals surface area contributed by atoms with Crippen LogP contribution in [0.1, 0.15) is 85.3 Å². The molecule has 0 aromatic heterocycles. The van der Waals surface area contributed by atoms with Crippen LogP contribution in [0.3, 0.4) is 0 Å². The average Bonchev–Trinajstić information content (AvgIpc) is 2.96. The van der Waals surface area contributed by atoms with Crippen molar-refractivity contribution in [3.8, 4) is 0 Å². The molecule has 1 aliphatic rings. The molecule has 0 saturated carbocycles. The topological polar surface area (TPSA) is 67.2 Å². The first-order chi connectivity index (χ1) is 21.1. The molecule has 3 rings (SSSR count). The first kappa shape index (κ1) is 37.3. The van der Waals surface area contributed by atoms with E-state index >= 15 is 0 Å². The lowest BCUT2D eigenvalue weighted by Gasteiger charge is -2.42. The van der Waals surface area contributed by atoms with Crippen molar-refractivity contribution < 1.29 is 24.3 Å². The highest BCUT2D eigenvalue weighted by Crippen LogP contribution is 2.50. The molecule has 0 radical (unpaired) electrons. The van der Waals surface area contributed by atoms with Gasteiger partial charge in [-0.2, -0.15) is 0 Å². The average molecular weight is 627 g/mol. The van der Waals surface area contributed by atoms with Gasteiger partial charge in [-0.1, -0.05) is 53.7 Å². The molecular formula is C38H66N4O3+2. The van der Waals surface area contributed by atoms with E-state index < -0.39 is 0 Å². The predicted molar refractivity (Wildman–Crippen MR) is 191 cm³/mol. The van der Waals surface area contributed by atoms with Crippen molar-refractivity contribution in [1.82, 2.24) is 0 Å². The highest BCUT2D eigenvalue weighted by molar-refractivity contribution is 5.94. The Morgan fingerprint density at radius 2 is 0.911 bits per heavy atom. The van der Waals surface area contributed by atoms with E-state index in [0.717, 1.165) is 69.4 Å². The number of anilines is 4. The van der Waals surface area contributed by atoms with Crippen LogP contribution in [0.2, 0.25) is 0 Å². The normalized spacial score (nSPS) is 15.2. The summed E-state index contributed by atoms with van der Waals surface area (Å²) in [6.45, 7) is 23.6. The SMILES string of the molecule is CC[N+](C)(CCO)CCCCN1c2cc(C(C)(C)C)ccc2N(CCCC[N+](C)(CCO)CCO)c2cc(C(C)(C)C)ccc21. The molecule has 0 spiro atoms. The van der Waals surface area contributed by atoms with Crippen molar-refractivity contribution >= 4 is 22.7 Å². The molecule has 1 heterocycles. The highest BCUT2D eigenvalue weighted by Gasteiger charge is 2.31. The van der Waals surface area contributed by atoms with Crippen LogP contribution in [0.5, 0.6) is 0 Å². The minimum absolute atomic E-state index is 0.0466. The number of aliphatic hydroxyl groups is 3. The Balaban J connectivity index is 1.98. The monoisotopic (exact) mass is 627 g/mol. The standard InChI is InChI=1S/C38H66N4O3/c1-10-41(8,23-26-43)21-13-11-19-39-33-17-15-32(38(5,6)7)30-36(33)40(20-12-14-22-42(9,24-27-44)25-28-45)34-18-16-31(29-35(34)39)37(2,3)4/h15-18,29-30,43-45H,10-14,19-28H2,1-9H3/q+2. The first-order valence-corrected chi connectivity index (χ1v) is 17.5. The van der Waals surface area contributed by atoms with Gasteiger partial charge in [-0.15, -0.1) is 0 Å². The Kier molecular flexibility index (Phi) is 12.9. The van der Waals surface area contributed by atoms with Gasteiger partial charge in [0.1, 0.15) is 19.6 Å². The zero-order valence-electron chi connectivity index (χ0n) is 30.2. The summed E-state index contributed by atoms with van der Waals surface area (Å²) >= 11 is 0.